The number of amides is 2. The molecule has 0 atom stereocenters. The molecular weight excluding hydrogens is 350 g/mol. The van der Waals surface area contributed by atoms with Crippen LogP contribution in [0.15, 0.2) is 0 Å². The molecule has 0 unspecified atom stereocenters. The molecule has 2 aliphatic rings. The highest BCUT2D eigenvalue weighted by Gasteiger charge is 2.26. The first-order valence-electron chi connectivity index (χ1n) is 9.64. The normalized spacial score (nSPS) is 20.0. The number of nitrogens with zero attached hydrogens (tertiary/aromatic N) is 4. The van der Waals surface area contributed by atoms with Gasteiger partial charge < -0.3 is 4.90 Å². The summed E-state index contributed by atoms with van der Waals surface area (Å²) < 4.78 is 0. The Morgan fingerprint density at radius 1 is 1.23 bits per heavy atom. The predicted octanol–water partition coefficient (Wildman–Crippen LogP) is 2.32. The van der Waals surface area contributed by atoms with Crippen LogP contribution in [0.4, 0.5) is 5.13 Å². The number of likely N-dealkylation sites (tertiary alicyclic amines) is 2. The molecule has 7 nitrogen and oxygen atoms in total. The van der Waals surface area contributed by atoms with E-state index in [1.165, 1.54) is 11.3 Å². The summed E-state index contributed by atoms with van der Waals surface area (Å²) in [7, 11) is 0. The van der Waals surface area contributed by atoms with Gasteiger partial charge in [-0.2, -0.15) is 0 Å². The Morgan fingerprint density at radius 3 is 2.65 bits per heavy atom. The lowest BCUT2D eigenvalue weighted by Crippen LogP contribution is -2.44. The summed E-state index contributed by atoms with van der Waals surface area (Å²) in [6, 6.07) is 0. The SMILES string of the molecule is CC(C)c1nnc(NC(=O)CN2CCC(CN3CCCCC3=O)CC2)s1. The van der Waals surface area contributed by atoms with Crippen molar-refractivity contribution in [3.05, 3.63) is 5.01 Å². The number of aromatic nitrogens is 2. The van der Waals surface area contributed by atoms with Gasteiger partial charge in [-0.15, -0.1) is 10.2 Å². The summed E-state index contributed by atoms with van der Waals surface area (Å²) in [6.07, 6.45) is 4.98. The van der Waals surface area contributed by atoms with Gasteiger partial charge in [0.05, 0.1) is 6.54 Å². The van der Waals surface area contributed by atoms with Crippen molar-refractivity contribution in [2.24, 2.45) is 5.92 Å². The number of anilines is 1. The standard InChI is InChI=1S/C18H29N5O2S/c1-13(2)17-20-21-18(26-17)19-15(24)12-22-9-6-14(7-10-22)11-23-8-4-3-5-16(23)25/h13-14H,3-12H2,1-2H3,(H,19,21,24). The number of carbonyl (C=O) groups is 2. The van der Waals surface area contributed by atoms with E-state index in [1.807, 2.05) is 4.90 Å². The second kappa shape index (κ2) is 8.90. The minimum Gasteiger partial charge on any atom is -0.342 e. The van der Waals surface area contributed by atoms with Gasteiger partial charge in [-0.1, -0.05) is 25.2 Å². The number of hydrogen-bond donors (Lipinski definition) is 1. The van der Waals surface area contributed by atoms with Crippen molar-refractivity contribution in [3.8, 4) is 0 Å². The lowest BCUT2D eigenvalue weighted by Gasteiger charge is -2.35. The first-order valence-corrected chi connectivity index (χ1v) is 10.5. The van der Waals surface area contributed by atoms with Crippen LogP contribution < -0.4 is 5.32 Å². The lowest BCUT2D eigenvalue weighted by molar-refractivity contribution is -0.134. The predicted molar refractivity (Wildman–Crippen MR) is 102 cm³/mol. The maximum Gasteiger partial charge on any atom is 0.240 e. The van der Waals surface area contributed by atoms with E-state index in [9.17, 15) is 9.59 Å². The average Bonchev–Trinajstić information content (AvgIpc) is 3.07. The highest BCUT2D eigenvalue weighted by Crippen LogP contribution is 2.23. The molecule has 1 N–H and O–H groups in total. The van der Waals surface area contributed by atoms with Gasteiger partial charge in [-0.25, -0.2) is 0 Å². The molecule has 2 saturated heterocycles. The summed E-state index contributed by atoms with van der Waals surface area (Å²) in [6.45, 7) is 8.15. The number of piperidine rings is 2. The molecule has 2 amide bonds. The quantitative estimate of drug-likeness (QED) is 0.821. The third kappa shape index (κ3) is 5.23. The molecule has 144 valence electrons. The van der Waals surface area contributed by atoms with E-state index in [1.54, 1.807) is 0 Å². The van der Waals surface area contributed by atoms with Crippen molar-refractivity contribution in [2.75, 3.05) is 38.0 Å². The fourth-order valence-electron chi connectivity index (χ4n) is 3.57. The zero-order valence-electron chi connectivity index (χ0n) is 15.7. The molecule has 1 aromatic heterocycles. The monoisotopic (exact) mass is 379 g/mol. The van der Waals surface area contributed by atoms with E-state index in [2.05, 4.69) is 34.3 Å². The molecule has 0 aliphatic carbocycles. The van der Waals surface area contributed by atoms with Crippen molar-refractivity contribution in [3.63, 3.8) is 0 Å². The Hall–Kier alpha value is -1.54. The zero-order chi connectivity index (χ0) is 18.5. The molecule has 0 bridgehead atoms. The third-order valence-corrected chi connectivity index (χ3v) is 6.29. The van der Waals surface area contributed by atoms with Crippen LogP contribution in [0.2, 0.25) is 0 Å². The summed E-state index contributed by atoms with van der Waals surface area (Å²) >= 11 is 1.44. The second-order valence-electron chi connectivity index (χ2n) is 7.66. The first kappa shape index (κ1) is 19.2. The van der Waals surface area contributed by atoms with Crippen molar-refractivity contribution < 1.29 is 9.59 Å². The van der Waals surface area contributed by atoms with Crippen LogP contribution in [0.1, 0.15) is 56.9 Å². The van der Waals surface area contributed by atoms with Gasteiger partial charge in [0.1, 0.15) is 5.01 Å². The van der Waals surface area contributed by atoms with Gasteiger partial charge in [0.25, 0.3) is 0 Å². The van der Waals surface area contributed by atoms with E-state index in [4.69, 9.17) is 0 Å². The van der Waals surface area contributed by atoms with Crippen LogP contribution in [0, 0.1) is 5.92 Å². The Kier molecular flexibility index (Phi) is 6.58. The molecule has 26 heavy (non-hydrogen) atoms. The first-order chi connectivity index (χ1) is 12.5. The van der Waals surface area contributed by atoms with Crippen LogP contribution in [-0.2, 0) is 9.59 Å². The van der Waals surface area contributed by atoms with Crippen LogP contribution >= 0.6 is 11.3 Å². The molecule has 8 heteroatoms. The van der Waals surface area contributed by atoms with Crippen molar-refractivity contribution in [2.45, 2.75) is 51.9 Å². The molecule has 0 saturated carbocycles. The van der Waals surface area contributed by atoms with Crippen molar-refractivity contribution in [1.82, 2.24) is 20.0 Å². The van der Waals surface area contributed by atoms with Crippen LogP contribution in [-0.4, -0.2) is 64.5 Å². The molecule has 3 heterocycles. The molecule has 2 aliphatic heterocycles. The number of hydrogen-bond acceptors (Lipinski definition) is 6. The van der Waals surface area contributed by atoms with E-state index in [0.717, 1.165) is 56.9 Å². The van der Waals surface area contributed by atoms with E-state index in [-0.39, 0.29) is 5.91 Å². The number of carbonyl (C=O) groups excluding carboxylic acids is 2. The van der Waals surface area contributed by atoms with Crippen LogP contribution in [0.25, 0.3) is 0 Å². The van der Waals surface area contributed by atoms with E-state index < -0.39 is 0 Å². The molecular formula is C18H29N5O2S. The van der Waals surface area contributed by atoms with Crippen molar-refractivity contribution >= 4 is 28.3 Å². The van der Waals surface area contributed by atoms with E-state index >= 15 is 0 Å². The Labute approximate surface area is 159 Å². The highest BCUT2D eigenvalue weighted by molar-refractivity contribution is 7.15. The second-order valence-corrected chi connectivity index (χ2v) is 8.67. The number of nitrogens with one attached hydrogen (secondary N) is 1. The van der Waals surface area contributed by atoms with Gasteiger partial charge >= 0.3 is 0 Å². The molecule has 1 aromatic rings. The van der Waals surface area contributed by atoms with Crippen LogP contribution in [0.3, 0.4) is 0 Å². The lowest BCUT2D eigenvalue weighted by atomic mass is 9.95. The highest BCUT2D eigenvalue weighted by atomic mass is 32.1. The zero-order valence-corrected chi connectivity index (χ0v) is 16.6. The van der Waals surface area contributed by atoms with Gasteiger partial charge in [0.2, 0.25) is 16.9 Å². The Balaban J connectivity index is 1.39. The topological polar surface area (TPSA) is 78.4 Å². The third-order valence-electron chi connectivity index (χ3n) is 5.16. The Morgan fingerprint density at radius 2 is 2.00 bits per heavy atom. The largest absolute Gasteiger partial charge is 0.342 e. The van der Waals surface area contributed by atoms with E-state index in [0.29, 0.717) is 35.8 Å². The minimum atomic E-state index is -0.0267. The molecule has 3 rings (SSSR count). The summed E-state index contributed by atoms with van der Waals surface area (Å²) in [5.74, 6) is 1.18. The number of rotatable bonds is 6. The average molecular weight is 380 g/mol. The summed E-state index contributed by atoms with van der Waals surface area (Å²) in [5, 5.41) is 12.5. The van der Waals surface area contributed by atoms with Gasteiger partial charge in [0.15, 0.2) is 0 Å². The van der Waals surface area contributed by atoms with Crippen molar-refractivity contribution in [1.29, 1.82) is 0 Å². The Bertz CT molecular complexity index is 625. The summed E-state index contributed by atoms with van der Waals surface area (Å²) in [5.41, 5.74) is 0. The van der Waals surface area contributed by atoms with Crippen LogP contribution in [0.5, 0.6) is 0 Å². The molecule has 0 spiro atoms. The van der Waals surface area contributed by atoms with Gasteiger partial charge in [-0.05, 0) is 44.7 Å². The maximum absolute atomic E-state index is 12.2. The fraction of sp³-hybridized carbons (Fsp3) is 0.778. The maximum atomic E-state index is 12.2. The molecule has 0 aromatic carbocycles. The van der Waals surface area contributed by atoms with Gasteiger partial charge in [-0.3, -0.25) is 19.8 Å². The minimum absolute atomic E-state index is 0.0267. The molecule has 2 fully saturated rings. The summed E-state index contributed by atoms with van der Waals surface area (Å²) in [4.78, 5) is 28.4. The van der Waals surface area contributed by atoms with Gasteiger partial charge in [0, 0.05) is 25.4 Å². The molecule has 0 radical (unpaired) electrons. The smallest absolute Gasteiger partial charge is 0.240 e. The fourth-order valence-corrected chi connectivity index (χ4v) is 4.34.